The van der Waals surface area contributed by atoms with Gasteiger partial charge in [-0.2, -0.15) is 31.9 Å². The van der Waals surface area contributed by atoms with Crippen molar-refractivity contribution >= 4 is 110 Å². The first-order valence-electron chi connectivity index (χ1n) is 27.8. The van der Waals surface area contributed by atoms with Gasteiger partial charge < -0.3 is 78.7 Å². The van der Waals surface area contributed by atoms with Gasteiger partial charge in [-0.1, -0.05) is 60.7 Å². The van der Waals surface area contributed by atoms with Crippen LogP contribution in [-0.2, 0) is 82.4 Å². The van der Waals surface area contributed by atoms with Crippen LogP contribution >= 0.6 is 23.5 Å². The van der Waals surface area contributed by atoms with Crippen molar-refractivity contribution in [1.29, 1.82) is 0 Å². The number of carbonyl (C=O) groups is 11. The normalized spacial score (nSPS) is 20.1. The van der Waals surface area contributed by atoms with Crippen LogP contribution in [0.15, 0.2) is 85.1 Å². The van der Waals surface area contributed by atoms with E-state index in [9.17, 15) is 66.6 Å². The smallest absolute Gasteiger partial charge is 0.446 e. The second-order valence-electron chi connectivity index (χ2n) is 20.5. The molecule has 9 atom stereocenters. The van der Waals surface area contributed by atoms with Crippen LogP contribution in [0.5, 0.6) is 5.75 Å². The van der Waals surface area contributed by atoms with Crippen LogP contribution in [0.2, 0.25) is 0 Å². The lowest BCUT2D eigenvalue weighted by molar-refractivity contribution is -0.141. The van der Waals surface area contributed by atoms with E-state index < -0.39 is 149 Å². The second-order valence-corrected chi connectivity index (χ2v) is 23.5. The molecule has 5 rings (SSSR count). The van der Waals surface area contributed by atoms with Gasteiger partial charge in [0.15, 0.2) is 0 Å². The number of hydrogen-bond donors (Lipinski definition) is 15. The highest BCUT2D eigenvalue weighted by atomic mass is 32.3. The van der Waals surface area contributed by atoms with E-state index in [2.05, 4.69) is 57.0 Å². The third kappa shape index (κ3) is 23.1. The number of aliphatic carboxylic acids is 2. The maximum atomic E-state index is 15.1. The first kappa shape index (κ1) is 70.5. The summed E-state index contributed by atoms with van der Waals surface area (Å²) < 4.78 is 36.3. The van der Waals surface area contributed by atoms with Gasteiger partial charge in [0.25, 0.3) is 0 Å². The number of benzene rings is 3. The third-order valence-corrected chi connectivity index (χ3v) is 15.5. The number of nitrogens with one attached hydrogen (secondary N) is 10. The first-order chi connectivity index (χ1) is 41.9. The van der Waals surface area contributed by atoms with Crippen molar-refractivity contribution < 1.29 is 80.1 Å². The van der Waals surface area contributed by atoms with Gasteiger partial charge in [0.1, 0.15) is 54.1 Å². The Kier molecular flexibility index (Phi) is 27.9. The molecule has 0 radical (unpaired) electrons. The maximum absolute atomic E-state index is 15.1. The first-order valence-corrected chi connectivity index (χ1v) is 32.0. The largest absolute Gasteiger partial charge is 0.481 e. The fourth-order valence-electron chi connectivity index (χ4n) is 9.19. The number of unbranched alkanes of at least 4 members (excludes halogenated alkanes) is 1. The SMILES string of the molecule is CSCC[C@H](NC(=O)[C@H](Cc1ccc(OS(=O)(=O)O)cc1)NC(=O)[C@@H](N)CC(=O)O)C(=O)NC1CNC(=O)[C@H](CCCCN)NC(=O)[C@H](Cc2ccccc2)NC(=O)[C@H](CC(=O)O)NC(=O)[C@H](CCSC)NC(=O)[C@H](Cc2c[nH]c3ccccc23)NC1=O. The lowest BCUT2D eigenvalue weighted by Gasteiger charge is -2.28. The zero-order valence-corrected chi connectivity index (χ0v) is 50.6. The molecular formula is C56H74N12O17S3. The zero-order valence-electron chi connectivity index (χ0n) is 48.1. The summed E-state index contributed by atoms with van der Waals surface area (Å²) in [6.45, 7) is -0.561. The molecule has 1 aliphatic rings. The Morgan fingerprint density at radius 2 is 1.23 bits per heavy atom. The number of H-pyrrole nitrogens is 1. The van der Waals surface area contributed by atoms with Gasteiger partial charge in [0.05, 0.1) is 18.9 Å². The molecule has 9 amide bonds. The van der Waals surface area contributed by atoms with E-state index in [1.165, 1.54) is 35.7 Å². The molecule has 3 aromatic carbocycles. The number of thioether (sulfide) groups is 2. The van der Waals surface area contributed by atoms with Crippen molar-refractivity contribution in [2.75, 3.05) is 37.1 Å². The average Bonchev–Trinajstić information content (AvgIpc) is 2.46. The predicted octanol–water partition coefficient (Wildman–Crippen LogP) is -1.70. The van der Waals surface area contributed by atoms with E-state index >= 15 is 4.79 Å². The van der Waals surface area contributed by atoms with Crippen molar-refractivity contribution in [3.05, 3.63) is 102 Å². The number of para-hydroxylation sites is 1. The van der Waals surface area contributed by atoms with E-state index in [1.807, 2.05) is 0 Å². The molecule has 0 saturated carbocycles. The van der Waals surface area contributed by atoms with Gasteiger partial charge in [-0.05, 0) is 97.6 Å². The van der Waals surface area contributed by atoms with Crippen LogP contribution in [0.3, 0.4) is 0 Å². The van der Waals surface area contributed by atoms with Crippen LogP contribution in [0, 0.1) is 0 Å². The number of fused-ring (bicyclic) bond motifs is 1. The summed E-state index contributed by atoms with van der Waals surface area (Å²) in [5, 5.41) is 43.1. The Labute approximate surface area is 515 Å². The minimum Gasteiger partial charge on any atom is -0.481 e. The van der Waals surface area contributed by atoms with Gasteiger partial charge >= 0.3 is 22.3 Å². The number of carbonyl (C=O) groups excluding carboxylic acids is 9. The molecule has 17 N–H and O–H groups in total. The fourth-order valence-corrected chi connectivity index (χ4v) is 10.5. The molecule has 1 aromatic heterocycles. The zero-order chi connectivity index (χ0) is 64.5. The summed E-state index contributed by atoms with van der Waals surface area (Å²) in [6.07, 6.45) is 2.71. The molecule has 478 valence electrons. The molecular weight excluding hydrogens is 1210 g/mol. The molecule has 1 unspecified atom stereocenters. The Balaban J connectivity index is 1.60. The summed E-state index contributed by atoms with van der Waals surface area (Å²) in [7, 11) is -4.93. The highest BCUT2D eigenvalue weighted by Crippen LogP contribution is 2.21. The molecule has 1 saturated heterocycles. The molecule has 2 heterocycles. The van der Waals surface area contributed by atoms with Crippen LogP contribution < -0.4 is 63.5 Å². The number of nitrogens with two attached hydrogens (primary N) is 2. The Morgan fingerprint density at radius 1 is 0.648 bits per heavy atom. The van der Waals surface area contributed by atoms with Gasteiger partial charge in [0, 0.05) is 42.9 Å². The maximum Gasteiger partial charge on any atom is 0.446 e. The van der Waals surface area contributed by atoms with Crippen LogP contribution in [0.4, 0.5) is 0 Å². The number of amides is 9. The van der Waals surface area contributed by atoms with Gasteiger partial charge in [0.2, 0.25) is 53.2 Å². The molecule has 0 aliphatic carbocycles. The quantitative estimate of drug-likeness (QED) is 0.0223. The second kappa shape index (κ2) is 34.9. The minimum atomic E-state index is -4.93. The number of hydrogen-bond acceptors (Lipinski definition) is 18. The number of aromatic nitrogens is 1. The summed E-state index contributed by atoms with van der Waals surface area (Å²) in [4.78, 5) is 157. The van der Waals surface area contributed by atoms with Crippen molar-refractivity contribution in [3.8, 4) is 5.75 Å². The van der Waals surface area contributed by atoms with Crippen LogP contribution in [-0.4, -0.2) is 185 Å². The number of rotatable bonds is 28. The highest BCUT2D eigenvalue weighted by molar-refractivity contribution is 7.98. The molecule has 1 fully saturated rings. The van der Waals surface area contributed by atoms with Crippen LogP contribution in [0.1, 0.15) is 61.6 Å². The standard InChI is InChI=1S/C56H74N12O17S3/c1-86-22-19-39-50(75)67-44(28-47(71)72)55(80)65-42(24-31-10-4-3-5-11-31)53(78)61-38(14-8-9-21-57)49(74)60-30-45(56(81)66-43(54(79)63-39)26-33-29-59-37-13-7-6-12-35(33)37)68-51(76)40(20-23-87-2)62-52(77)41(64-48(73)36(58)27-46(69)70)25-32-15-17-34(18-16-32)85-88(82,83)84/h3-7,10-13,15-18,29,36,38-45,59H,8-9,14,19-28,30,57-58H2,1-2H3,(H,60,74)(H,61,78)(H,62,77)(H,63,79)(H,64,73)(H,65,80)(H,66,81)(H,67,75)(H,68,76)(H,69,70)(H,71,72)(H,82,83,84)/t36-,38-,39-,40-,41-,42-,43-,44-,45?/m0/s1. The minimum absolute atomic E-state index is 0.0593. The van der Waals surface area contributed by atoms with Gasteiger partial charge in [-0.3, -0.25) is 57.3 Å². The van der Waals surface area contributed by atoms with Crippen molar-refractivity contribution in [1.82, 2.24) is 52.8 Å². The van der Waals surface area contributed by atoms with E-state index in [0.717, 1.165) is 12.1 Å². The van der Waals surface area contributed by atoms with Gasteiger partial charge in [-0.25, -0.2) is 0 Å². The van der Waals surface area contributed by atoms with Gasteiger partial charge in [-0.15, -0.1) is 0 Å². The lowest BCUT2D eigenvalue weighted by atomic mass is 10.0. The van der Waals surface area contributed by atoms with Crippen LogP contribution in [0.25, 0.3) is 10.9 Å². The molecule has 1 aliphatic heterocycles. The van der Waals surface area contributed by atoms with Crippen molar-refractivity contribution in [3.63, 3.8) is 0 Å². The monoisotopic (exact) mass is 1280 g/mol. The number of carboxylic acids is 2. The molecule has 88 heavy (non-hydrogen) atoms. The summed E-state index contributed by atoms with van der Waals surface area (Å²) >= 11 is 2.55. The Bertz CT molecular complexity index is 3210. The van der Waals surface area contributed by atoms with E-state index in [1.54, 1.807) is 73.3 Å². The highest BCUT2D eigenvalue weighted by Gasteiger charge is 2.37. The molecule has 4 aromatic rings. The lowest BCUT2D eigenvalue weighted by Crippen LogP contribution is -2.62. The third-order valence-electron chi connectivity index (χ3n) is 13.8. The summed E-state index contributed by atoms with van der Waals surface area (Å²) in [5.74, 6) is -11.9. The fraction of sp³-hybridized carbons (Fsp3) is 0.446. The molecule has 0 bridgehead atoms. The summed E-state index contributed by atoms with van der Waals surface area (Å²) in [6, 6.07) is 5.76. The average molecular weight is 1280 g/mol. The number of aromatic amines is 1. The van der Waals surface area contributed by atoms with Crippen molar-refractivity contribution in [2.24, 2.45) is 11.5 Å². The Hall–Kier alpha value is -8.30. The van der Waals surface area contributed by atoms with E-state index in [0.29, 0.717) is 28.5 Å². The molecule has 29 nitrogen and oxygen atoms in total. The predicted molar refractivity (Wildman–Crippen MR) is 324 cm³/mol. The topological polar surface area (TPSA) is 468 Å². The van der Waals surface area contributed by atoms with Crippen molar-refractivity contribution in [2.45, 2.75) is 119 Å². The summed E-state index contributed by atoms with van der Waals surface area (Å²) in [5.41, 5.74) is 13.6. The van der Waals surface area contributed by atoms with E-state index in [-0.39, 0.29) is 74.3 Å². The number of carboxylic acid groups (broad SMARTS) is 2. The Morgan fingerprint density at radius 3 is 1.86 bits per heavy atom. The van der Waals surface area contributed by atoms with E-state index in [4.69, 9.17) is 16.0 Å². The molecule has 0 spiro atoms. The molecule has 32 heteroatoms.